The zero-order valence-electron chi connectivity index (χ0n) is 10.3. The van der Waals surface area contributed by atoms with E-state index in [1.165, 1.54) is 30.3 Å². The molecule has 1 N–H and O–H groups in total. The van der Waals surface area contributed by atoms with Crippen molar-refractivity contribution in [1.29, 1.82) is 0 Å². The number of carbonyl (C=O) groups is 1. The molecule has 0 bridgehead atoms. The predicted octanol–water partition coefficient (Wildman–Crippen LogP) is 3.39. The van der Waals surface area contributed by atoms with Crippen molar-refractivity contribution in [1.82, 2.24) is 0 Å². The predicted molar refractivity (Wildman–Crippen MR) is 74.1 cm³/mol. The van der Waals surface area contributed by atoms with E-state index in [9.17, 15) is 21.5 Å². The quantitative estimate of drug-likeness (QED) is 0.877. The van der Waals surface area contributed by atoms with Crippen molar-refractivity contribution in [3.63, 3.8) is 0 Å². The fourth-order valence-electron chi connectivity index (χ4n) is 1.68. The lowest BCUT2D eigenvalue weighted by Gasteiger charge is -2.09. The highest BCUT2D eigenvalue weighted by molar-refractivity contribution is 7.86. The molecule has 0 aromatic heterocycles. The first kappa shape index (κ1) is 15.4. The van der Waals surface area contributed by atoms with Gasteiger partial charge in [0, 0.05) is 0 Å². The van der Waals surface area contributed by atoms with E-state index in [1.54, 1.807) is 0 Å². The normalized spacial score (nSPS) is 11.2. The number of hydrogen-bond acceptors (Lipinski definition) is 3. The summed E-state index contributed by atoms with van der Waals surface area (Å²) in [6, 6.07) is 8.49. The van der Waals surface area contributed by atoms with Crippen LogP contribution >= 0.6 is 11.6 Å². The Morgan fingerprint density at radius 1 is 1.10 bits per heavy atom. The highest BCUT2D eigenvalue weighted by atomic mass is 35.5. The van der Waals surface area contributed by atoms with Crippen LogP contribution in [0.5, 0.6) is 0 Å². The van der Waals surface area contributed by atoms with Crippen LogP contribution in [0.1, 0.15) is 10.4 Å². The summed E-state index contributed by atoms with van der Waals surface area (Å²) in [5.41, 5.74) is -0.755. The first-order chi connectivity index (χ1) is 9.80. The van der Waals surface area contributed by atoms with Crippen LogP contribution in [0, 0.1) is 5.82 Å². The highest BCUT2D eigenvalue weighted by Gasteiger charge is 2.21. The van der Waals surface area contributed by atoms with Gasteiger partial charge >= 0.3 is 10.2 Å². The lowest BCUT2D eigenvalue weighted by Crippen LogP contribution is -2.16. The molecule has 0 aliphatic rings. The van der Waals surface area contributed by atoms with Gasteiger partial charge in [-0.05, 0) is 24.3 Å². The van der Waals surface area contributed by atoms with Crippen LogP contribution in [0.2, 0.25) is 5.02 Å². The van der Waals surface area contributed by atoms with Gasteiger partial charge in [-0.3, -0.25) is 4.79 Å². The van der Waals surface area contributed by atoms with Gasteiger partial charge in [-0.1, -0.05) is 29.8 Å². The average molecular weight is 332 g/mol. The van der Waals surface area contributed by atoms with Crippen molar-refractivity contribution in [2.75, 3.05) is 5.32 Å². The third-order valence-electron chi connectivity index (χ3n) is 2.59. The summed E-state index contributed by atoms with van der Waals surface area (Å²) in [4.78, 5) is 11.3. The lowest BCUT2D eigenvalue weighted by molar-refractivity contribution is 0.102. The van der Waals surface area contributed by atoms with Crippen molar-refractivity contribution in [3.8, 4) is 0 Å². The molecular weight excluding hydrogens is 324 g/mol. The van der Waals surface area contributed by atoms with E-state index in [-0.39, 0.29) is 10.7 Å². The molecule has 0 heterocycles. The van der Waals surface area contributed by atoms with Gasteiger partial charge < -0.3 is 5.32 Å². The van der Waals surface area contributed by atoms with Crippen molar-refractivity contribution in [2.45, 2.75) is 4.90 Å². The molecule has 0 unspecified atom stereocenters. The molecule has 0 fully saturated rings. The van der Waals surface area contributed by atoms with E-state index in [4.69, 9.17) is 11.6 Å². The number of hydrogen-bond donors (Lipinski definition) is 1. The van der Waals surface area contributed by atoms with Gasteiger partial charge in [0.2, 0.25) is 0 Å². The zero-order chi connectivity index (χ0) is 15.6. The average Bonchev–Trinajstić information content (AvgIpc) is 2.37. The number of nitrogens with one attached hydrogen (secondary N) is 1. The smallest absolute Gasteiger partial charge is 0.321 e. The molecule has 110 valence electrons. The molecule has 0 radical (unpaired) electrons. The molecular formula is C13H8ClF2NO3S. The highest BCUT2D eigenvalue weighted by Crippen LogP contribution is 2.25. The van der Waals surface area contributed by atoms with Crippen LogP contribution in [0.25, 0.3) is 0 Å². The number of anilines is 1. The third kappa shape index (κ3) is 3.37. The summed E-state index contributed by atoms with van der Waals surface area (Å²) < 4.78 is 48.7. The number of amides is 1. The lowest BCUT2D eigenvalue weighted by atomic mass is 10.2. The number of carbonyl (C=O) groups excluding carboxylic acids is 1. The summed E-state index contributed by atoms with van der Waals surface area (Å²) in [5, 5.41) is 1.99. The zero-order valence-corrected chi connectivity index (χ0v) is 11.9. The summed E-state index contributed by atoms with van der Waals surface area (Å²) >= 11 is 5.73. The summed E-state index contributed by atoms with van der Waals surface area (Å²) in [6.07, 6.45) is 0. The van der Waals surface area contributed by atoms with E-state index in [1.807, 2.05) is 0 Å². The van der Waals surface area contributed by atoms with Gasteiger partial charge in [0.1, 0.15) is 10.7 Å². The van der Waals surface area contributed by atoms with E-state index in [2.05, 4.69) is 5.32 Å². The Morgan fingerprint density at radius 2 is 1.76 bits per heavy atom. The molecule has 4 nitrogen and oxygen atoms in total. The van der Waals surface area contributed by atoms with Crippen LogP contribution in [-0.2, 0) is 10.2 Å². The molecule has 1 amide bonds. The number of para-hydroxylation sites is 1. The molecule has 0 saturated carbocycles. The number of halogens is 3. The van der Waals surface area contributed by atoms with Crippen LogP contribution < -0.4 is 5.32 Å². The third-order valence-corrected chi connectivity index (χ3v) is 3.78. The molecule has 0 aliphatic carbocycles. The number of rotatable bonds is 3. The van der Waals surface area contributed by atoms with Crippen molar-refractivity contribution in [2.24, 2.45) is 0 Å². The van der Waals surface area contributed by atoms with Crippen LogP contribution in [0.4, 0.5) is 14.0 Å². The van der Waals surface area contributed by atoms with E-state index in [0.29, 0.717) is 0 Å². The van der Waals surface area contributed by atoms with E-state index >= 15 is 0 Å². The largest absolute Gasteiger partial charge is 0.334 e. The van der Waals surface area contributed by atoms with Gasteiger partial charge in [-0.25, -0.2) is 4.39 Å². The Morgan fingerprint density at radius 3 is 2.38 bits per heavy atom. The minimum absolute atomic E-state index is 0.145. The second kappa shape index (κ2) is 5.79. The Hall–Kier alpha value is -1.99. The van der Waals surface area contributed by atoms with Gasteiger partial charge in [-0.2, -0.15) is 8.42 Å². The number of benzene rings is 2. The SMILES string of the molecule is O=C(Nc1ccccc1S(=O)(=O)F)c1c(F)cccc1Cl. The van der Waals surface area contributed by atoms with E-state index < -0.39 is 32.4 Å². The van der Waals surface area contributed by atoms with Gasteiger partial charge in [0.15, 0.2) is 0 Å². The minimum Gasteiger partial charge on any atom is -0.321 e. The maximum Gasteiger partial charge on any atom is 0.334 e. The standard InChI is InChI=1S/C13H8ClF2NO3S/c14-8-4-3-5-9(15)12(8)13(18)17-10-6-1-2-7-11(10)21(16,19)20/h1-7H,(H,17,18). The minimum atomic E-state index is -5.02. The monoisotopic (exact) mass is 331 g/mol. The maximum absolute atomic E-state index is 13.6. The van der Waals surface area contributed by atoms with Crippen molar-refractivity contribution < 1.29 is 21.5 Å². The molecule has 0 spiro atoms. The second-order valence-corrected chi connectivity index (χ2v) is 5.71. The Balaban J connectivity index is 2.42. The summed E-state index contributed by atoms with van der Waals surface area (Å²) in [6.45, 7) is 0. The fraction of sp³-hybridized carbons (Fsp3) is 0. The van der Waals surface area contributed by atoms with Crippen LogP contribution in [0.3, 0.4) is 0 Å². The van der Waals surface area contributed by atoms with Gasteiger partial charge in [0.05, 0.1) is 16.3 Å². The van der Waals surface area contributed by atoms with Gasteiger partial charge in [-0.15, -0.1) is 3.89 Å². The van der Waals surface area contributed by atoms with Gasteiger partial charge in [0.25, 0.3) is 5.91 Å². The molecule has 8 heteroatoms. The summed E-state index contributed by atoms with van der Waals surface area (Å²) in [5.74, 6) is -1.85. The van der Waals surface area contributed by atoms with Crippen molar-refractivity contribution >= 4 is 33.4 Å². The van der Waals surface area contributed by atoms with E-state index in [0.717, 1.165) is 12.1 Å². The molecule has 2 aromatic rings. The maximum atomic E-state index is 13.6. The fourth-order valence-corrected chi connectivity index (χ4v) is 2.55. The topological polar surface area (TPSA) is 63.2 Å². The Bertz CT molecular complexity index is 789. The molecule has 0 saturated heterocycles. The van der Waals surface area contributed by atoms with Crippen LogP contribution in [-0.4, -0.2) is 14.3 Å². The summed E-state index contributed by atoms with van der Waals surface area (Å²) in [7, 11) is -5.02. The first-order valence-electron chi connectivity index (χ1n) is 5.60. The van der Waals surface area contributed by atoms with Crippen molar-refractivity contribution in [3.05, 3.63) is 58.9 Å². The Kier molecular flexibility index (Phi) is 4.24. The molecule has 2 rings (SSSR count). The second-order valence-electron chi connectivity index (χ2n) is 3.98. The Labute approximate surface area is 124 Å². The van der Waals surface area contributed by atoms with Crippen LogP contribution in [0.15, 0.2) is 47.4 Å². The molecule has 0 atom stereocenters. The molecule has 21 heavy (non-hydrogen) atoms. The molecule has 0 aliphatic heterocycles. The first-order valence-corrected chi connectivity index (χ1v) is 7.36. The molecule has 2 aromatic carbocycles.